The van der Waals surface area contributed by atoms with Crippen molar-refractivity contribution in [2.24, 2.45) is 0 Å². The molecule has 174 valence electrons. The number of aromatic nitrogens is 6. The summed E-state index contributed by atoms with van der Waals surface area (Å²) in [6.07, 6.45) is 9.94. The molecule has 6 rings (SSSR count). The van der Waals surface area contributed by atoms with Gasteiger partial charge in [0, 0.05) is 67.5 Å². The first-order valence-corrected chi connectivity index (χ1v) is 11.5. The lowest BCUT2D eigenvalue weighted by Crippen LogP contribution is -2.29. The second kappa shape index (κ2) is 8.35. The van der Waals surface area contributed by atoms with Crippen LogP contribution in [0.1, 0.15) is 11.3 Å². The maximum atomic E-state index is 12.2. The highest BCUT2D eigenvalue weighted by Gasteiger charge is 2.19. The minimum atomic E-state index is 0.0645. The number of carbonyl (C=O) groups is 1. The first-order chi connectivity index (χ1) is 17.0. The molecule has 1 aliphatic rings. The number of pyridine rings is 2. The average molecular weight is 465 g/mol. The zero-order valence-corrected chi connectivity index (χ0v) is 19.5. The quantitative estimate of drug-likeness (QED) is 0.435. The second-order valence-corrected chi connectivity index (χ2v) is 8.77. The Labute approximate surface area is 202 Å². The highest BCUT2D eigenvalue weighted by Crippen LogP contribution is 2.29. The van der Waals surface area contributed by atoms with Crippen LogP contribution in [-0.4, -0.2) is 53.7 Å². The van der Waals surface area contributed by atoms with Crippen molar-refractivity contribution in [3.05, 3.63) is 78.8 Å². The molecular weight excluding hydrogens is 440 g/mol. The van der Waals surface area contributed by atoms with Crippen molar-refractivity contribution in [2.75, 3.05) is 18.9 Å². The van der Waals surface area contributed by atoms with Crippen molar-refractivity contribution in [1.29, 1.82) is 0 Å². The van der Waals surface area contributed by atoms with Crippen LogP contribution in [0.5, 0.6) is 0 Å². The molecule has 0 spiro atoms. The summed E-state index contributed by atoms with van der Waals surface area (Å²) in [5.74, 6) is 1.44. The summed E-state index contributed by atoms with van der Waals surface area (Å²) in [5.41, 5.74) is 5.20. The van der Waals surface area contributed by atoms with E-state index in [9.17, 15) is 4.79 Å². The van der Waals surface area contributed by atoms with Gasteiger partial charge >= 0.3 is 0 Å². The fraction of sp³-hybridized carbons (Fsp3) is 0.192. The number of fused-ring (bicyclic) bond motifs is 2. The van der Waals surface area contributed by atoms with Gasteiger partial charge in [-0.25, -0.2) is 9.97 Å². The molecule has 0 radical (unpaired) electrons. The Morgan fingerprint density at radius 3 is 2.77 bits per heavy atom. The lowest BCUT2D eigenvalue weighted by Gasteiger charge is -2.12. The van der Waals surface area contributed by atoms with Crippen LogP contribution in [0.4, 0.5) is 11.6 Å². The van der Waals surface area contributed by atoms with E-state index in [4.69, 9.17) is 4.98 Å². The molecule has 0 aliphatic carbocycles. The van der Waals surface area contributed by atoms with E-state index < -0.39 is 0 Å². The summed E-state index contributed by atoms with van der Waals surface area (Å²) in [4.78, 5) is 27.3. The Morgan fingerprint density at radius 2 is 1.91 bits per heavy atom. The smallest absolute Gasteiger partial charge is 0.244 e. The third-order valence-electron chi connectivity index (χ3n) is 6.50. The summed E-state index contributed by atoms with van der Waals surface area (Å²) >= 11 is 0. The summed E-state index contributed by atoms with van der Waals surface area (Å²) < 4.78 is 3.77. The van der Waals surface area contributed by atoms with E-state index in [-0.39, 0.29) is 12.5 Å². The van der Waals surface area contributed by atoms with Crippen molar-refractivity contribution in [1.82, 2.24) is 34.2 Å². The number of rotatable bonds is 4. The van der Waals surface area contributed by atoms with Crippen molar-refractivity contribution in [3.8, 4) is 16.9 Å². The first kappa shape index (κ1) is 21.0. The topological polar surface area (TPSA) is 93.8 Å². The molecule has 0 saturated carbocycles. The molecule has 5 aromatic rings. The van der Waals surface area contributed by atoms with Gasteiger partial charge in [-0.3, -0.25) is 14.5 Å². The zero-order valence-electron chi connectivity index (χ0n) is 19.5. The molecule has 0 unspecified atom stereocenters. The molecule has 0 saturated heterocycles. The third-order valence-corrected chi connectivity index (χ3v) is 6.50. The maximum absolute atomic E-state index is 12.2. The monoisotopic (exact) mass is 464 g/mol. The minimum Gasteiger partial charge on any atom is -0.344 e. The second-order valence-electron chi connectivity index (χ2n) is 8.77. The maximum Gasteiger partial charge on any atom is 0.244 e. The van der Waals surface area contributed by atoms with Gasteiger partial charge in [-0.1, -0.05) is 12.1 Å². The van der Waals surface area contributed by atoms with Crippen molar-refractivity contribution in [3.63, 3.8) is 0 Å². The fourth-order valence-electron chi connectivity index (χ4n) is 4.48. The number of nitrogens with zero attached hydrogens (tertiary/aromatic N) is 7. The Hall–Kier alpha value is -4.53. The molecule has 0 bridgehead atoms. The summed E-state index contributed by atoms with van der Waals surface area (Å²) in [7, 11) is 1.82. The molecule has 9 nitrogen and oxygen atoms in total. The number of carbonyl (C=O) groups excluding carboxylic acids is 1. The highest BCUT2D eigenvalue weighted by molar-refractivity contribution is 5.87. The minimum absolute atomic E-state index is 0.0645. The van der Waals surface area contributed by atoms with Crippen LogP contribution < -0.4 is 5.32 Å². The number of imidazole rings is 1. The van der Waals surface area contributed by atoms with Gasteiger partial charge in [0.1, 0.15) is 12.4 Å². The number of nitrogens with one attached hydrogen (secondary N) is 1. The lowest BCUT2D eigenvalue weighted by atomic mass is 10.0. The van der Waals surface area contributed by atoms with E-state index >= 15 is 0 Å². The third kappa shape index (κ3) is 3.90. The molecule has 1 aliphatic heterocycles. The van der Waals surface area contributed by atoms with Gasteiger partial charge in [-0.2, -0.15) is 5.10 Å². The van der Waals surface area contributed by atoms with Gasteiger partial charge < -0.3 is 14.8 Å². The van der Waals surface area contributed by atoms with Gasteiger partial charge in [0.25, 0.3) is 0 Å². The molecule has 0 fully saturated rings. The fourth-order valence-corrected chi connectivity index (χ4v) is 4.48. The van der Waals surface area contributed by atoms with Crippen molar-refractivity contribution in [2.45, 2.75) is 19.9 Å². The van der Waals surface area contributed by atoms with Crippen LogP contribution in [0.25, 0.3) is 27.7 Å². The first-order valence-electron chi connectivity index (χ1n) is 11.5. The van der Waals surface area contributed by atoms with Crippen LogP contribution in [0.15, 0.2) is 67.5 Å². The van der Waals surface area contributed by atoms with Gasteiger partial charge in [0.15, 0.2) is 5.82 Å². The van der Waals surface area contributed by atoms with Crippen molar-refractivity contribution >= 4 is 28.3 Å². The predicted molar refractivity (Wildman–Crippen MR) is 134 cm³/mol. The predicted octanol–water partition coefficient (Wildman–Crippen LogP) is 3.75. The molecule has 1 N–H and O–H groups in total. The Bertz CT molecular complexity index is 1550. The zero-order chi connectivity index (χ0) is 23.9. The van der Waals surface area contributed by atoms with E-state index in [0.29, 0.717) is 18.2 Å². The Morgan fingerprint density at radius 1 is 1.03 bits per heavy atom. The SMILES string of the molecule is Cc1c(-c2cc3cc(Nc4cc5n(n4)CC(=O)N(C)CC5)ncc3cn2)cccc1-n1ccnc1. The van der Waals surface area contributed by atoms with Crippen molar-refractivity contribution < 1.29 is 4.79 Å². The van der Waals surface area contributed by atoms with Crippen LogP contribution in [0.2, 0.25) is 0 Å². The number of hydrogen-bond acceptors (Lipinski definition) is 6. The van der Waals surface area contributed by atoms with E-state index in [2.05, 4.69) is 45.5 Å². The molecule has 35 heavy (non-hydrogen) atoms. The molecule has 1 amide bonds. The molecule has 5 heterocycles. The number of benzene rings is 1. The Kier molecular flexibility index (Phi) is 5.02. The largest absolute Gasteiger partial charge is 0.344 e. The normalized spacial score (nSPS) is 13.7. The van der Waals surface area contributed by atoms with E-state index in [0.717, 1.165) is 45.4 Å². The van der Waals surface area contributed by atoms with Crippen LogP contribution in [-0.2, 0) is 17.8 Å². The van der Waals surface area contributed by atoms with Gasteiger partial charge in [-0.15, -0.1) is 0 Å². The van der Waals surface area contributed by atoms with Crippen LogP contribution in [0.3, 0.4) is 0 Å². The summed E-state index contributed by atoms with van der Waals surface area (Å²) in [6.45, 7) is 3.04. The van der Waals surface area contributed by atoms with E-state index in [1.165, 1.54) is 0 Å². The Balaban J connectivity index is 1.31. The van der Waals surface area contributed by atoms with E-state index in [1.54, 1.807) is 22.1 Å². The lowest BCUT2D eigenvalue weighted by molar-refractivity contribution is -0.130. The number of hydrogen-bond donors (Lipinski definition) is 1. The van der Waals surface area contributed by atoms with Gasteiger partial charge in [0.2, 0.25) is 5.91 Å². The molecular formula is C26H24N8O. The standard InChI is InChI=1S/C26H24N8O/c1-17-21(4-3-5-23(17)33-9-7-27-16-33)22-10-18-11-24(29-14-19(18)13-28-22)30-25-12-20-6-8-32(2)26(35)15-34(20)31-25/h3-5,7,9-14,16H,6,8,15H2,1-2H3,(H,29,30,31). The van der Waals surface area contributed by atoms with E-state index in [1.807, 2.05) is 48.4 Å². The van der Waals surface area contributed by atoms with Gasteiger partial charge in [0.05, 0.1) is 17.7 Å². The number of likely N-dealkylation sites (N-methyl/N-ethyl adjacent to an activating group) is 1. The van der Waals surface area contributed by atoms with Crippen LogP contribution >= 0.6 is 0 Å². The molecule has 1 aromatic carbocycles. The average Bonchev–Trinajstić information content (AvgIpc) is 3.50. The summed E-state index contributed by atoms with van der Waals surface area (Å²) in [6, 6.07) is 12.3. The van der Waals surface area contributed by atoms with Crippen LogP contribution in [0, 0.1) is 6.92 Å². The molecule has 9 heteroatoms. The summed E-state index contributed by atoms with van der Waals surface area (Å²) in [5, 5.41) is 9.86. The van der Waals surface area contributed by atoms with Gasteiger partial charge in [-0.05, 0) is 36.1 Å². The molecule has 4 aromatic heterocycles. The number of anilines is 2. The highest BCUT2D eigenvalue weighted by atomic mass is 16.2. The molecule has 0 atom stereocenters. The number of amides is 1.